The second-order valence-electron chi connectivity index (χ2n) is 10.5. The van der Waals surface area contributed by atoms with Gasteiger partial charge in [0, 0.05) is 11.3 Å². The van der Waals surface area contributed by atoms with Crippen LogP contribution in [0.5, 0.6) is 0 Å². The molecule has 3 rings (SSSR count). The van der Waals surface area contributed by atoms with Gasteiger partial charge in [-0.1, -0.05) is 94.3 Å². The summed E-state index contributed by atoms with van der Waals surface area (Å²) >= 11 is 0. The monoisotopic (exact) mass is 476 g/mol. The molecule has 0 amide bonds. The Labute approximate surface area is 210 Å². The van der Waals surface area contributed by atoms with Crippen molar-refractivity contribution < 1.29 is 19.1 Å². The Balaban J connectivity index is 1.70. The first kappa shape index (κ1) is 26.8. The molecule has 4 nitrogen and oxygen atoms in total. The van der Waals surface area contributed by atoms with Crippen LogP contribution in [0.15, 0.2) is 60.7 Å². The molecule has 0 spiro atoms. The predicted octanol–water partition coefficient (Wildman–Crippen LogP) is 6.54. The highest BCUT2D eigenvalue weighted by atomic mass is 16.5. The first-order valence-electron chi connectivity index (χ1n) is 13.2. The highest BCUT2D eigenvalue weighted by molar-refractivity contribution is 6.40. The maximum atomic E-state index is 13.4. The number of hydrogen-bond donors (Lipinski definition) is 0. The molecule has 0 aromatic heterocycles. The fourth-order valence-corrected chi connectivity index (χ4v) is 4.85. The van der Waals surface area contributed by atoms with Gasteiger partial charge in [0.2, 0.25) is 11.6 Å². The number of ketones is 2. The number of Topliss-reactive ketones (excluding diaryl/α,β-unsaturated/α-hetero) is 2. The van der Waals surface area contributed by atoms with E-state index in [0.29, 0.717) is 19.3 Å². The summed E-state index contributed by atoms with van der Waals surface area (Å²) in [5.41, 5.74) is 1.73. The average molecular weight is 477 g/mol. The maximum Gasteiger partial charge on any atom is 0.309 e. The first-order chi connectivity index (χ1) is 16.8. The second-order valence-corrected chi connectivity index (χ2v) is 10.5. The van der Waals surface area contributed by atoms with Crippen LogP contribution in [0.2, 0.25) is 0 Å². The normalized spacial score (nSPS) is 18.3. The lowest BCUT2D eigenvalue weighted by Crippen LogP contribution is -2.42. The van der Waals surface area contributed by atoms with E-state index in [4.69, 9.17) is 4.74 Å². The van der Waals surface area contributed by atoms with E-state index in [0.717, 1.165) is 38.5 Å². The summed E-state index contributed by atoms with van der Waals surface area (Å²) in [4.78, 5) is 39.5. The van der Waals surface area contributed by atoms with Crippen molar-refractivity contribution in [3.05, 3.63) is 71.8 Å². The number of esters is 1. The van der Waals surface area contributed by atoms with Crippen molar-refractivity contribution in [3.8, 4) is 0 Å². The fraction of sp³-hybridized carbons (Fsp3) is 0.516. The Hall–Kier alpha value is -2.75. The van der Waals surface area contributed by atoms with Crippen molar-refractivity contribution in [3.63, 3.8) is 0 Å². The van der Waals surface area contributed by atoms with Gasteiger partial charge in [-0.25, -0.2) is 0 Å². The van der Waals surface area contributed by atoms with Crippen LogP contribution < -0.4 is 0 Å². The summed E-state index contributed by atoms with van der Waals surface area (Å²) in [7, 11) is 0. The van der Waals surface area contributed by atoms with Crippen LogP contribution in [0.4, 0.5) is 0 Å². The third kappa shape index (κ3) is 7.62. The van der Waals surface area contributed by atoms with E-state index in [9.17, 15) is 14.4 Å². The number of hydrogen-bond acceptors (Lipinski definition) is 4. The number of carbonyl (C=O) groups is 3. The minimum absolute atomic E-state index is 0.233. The van der Waals surface area contributed by atoms with Crippen molar-refractivity contribution in [2.75, 3.05) is 0 Å². The van der Waals surface area contributed by atoms with Crippen LogP contribution in [-0.4, -0.2) is 23.6 Å². The van der Waals surface area contributed by atoms with Crippen molar-refractivity contribution >= 4 is 17.5 Å². The fourth-order valence-electron chi connectivity index (χ4n) is 4.85. The van der Waals surface area contributed by atoms with Gasteiger partial charge in [-0.15, -0.1) is 0 Å². The molecular weight excluding hydrogens is 436 g/mol. The zero-order valence-corrected chi connectivity index (χ0v) is 21.5. The summed E-state index contributed by atoms with van der Waals surface area (Å²) in [6, 6.07) is 20.4. The molecule has 0 heterocycles. The summed E-state index contributed by atoms with van der Waals surface area (Å²) in [6.45, 7) is 5.54. The highest BCUT2D eigenvalue weighted by Crippen LogP contribution is 2.35. The van der Waals surface area contributed by atoms with E-state index in [1.54, 1.807) is 0 Å². The van der Waals surface area contributed by atoms with Crippen molar-refractivity contribution in [2.45, 2.75) is 84.7 Å². The van der Waals surface area contributed by atoms with Crippen LogP contribution in [-0.2, 0) is 32.0 Å². The Bertz CT molecular complexity index is 920. The highest BCUT2D eigenvalue weighted by Gasteiger charge is 2.43. The van der Waals surface area contributed by atoms with Gasteiger partial charge in [-0.2, -0.15) is 0 Å². The Morgan fingerprint density at radius 3 is 1.80 bits per heavy atom. The van der Waals surface area contributed by atoms with Gasteiger partial charge in [-0.05, 0) is 56.1 Å². The molecule has 2 aromatic carbocycles. The third-order valence-corrected chi connectivity index (χ3v) is 7.61. The lowest BCUT2D eigenvalue weighted by molar-refractivity contribution is -0.161. The molecule has 0 radical (unpaired) electrons. The first-order valence-corrected chi connectivity index (χ1v) is 13.2. The minimum Gasteiger partial charge on any atom is -0.462 e. The van der Waals surface area contributed by atoms with E-state index >= 15 is 0 Å². The zero-order chi connectivity index (χ0) is 25.3. The molecule has 2 aromatic rings. The van der Waals surface area contributed by atoms with Crippen LogP contribution in [0, 0.1) is 17.3 Å². The lowest BCUT2D eigenvalue weighted by atomic mass is 9.72. The molecule has 1 saturated carbocycles. The van der Waals surface area contributed by atoms with Crippen LogP contribution in [0.25, 0.3) is 0 Å². The zero-order valence-electron chi connectivity index (χ0n) is 21.5. The topological polar surface area (TPSA) is 60.4 Å². The van der Waals surface area contributed by atoms with Gasteiger partial charge in [0.15, 0.2) is 0 Å². The molecule has 2 unspecified atom stereocenters. The van der Waals surface area contributed by atoms with Gasteiger partial charge < -0.3 is 4.74 Å². The van der Waals surface area contributed by atoms with E-state index in [2.05, 4.69) is 24.3 Å². The molecule has 0 aliphatic heterocycles. The van der Waals surface area contributed by atoms with Crippen LogP contribution >= 0.6 is 0 Å². The van der Waals surface area contributed by atoms with Crippen molar-refractivity contribution in [1.82, 2.24) is 0 Å². The maximum absolute atomic E-state index is 13.4. The number of aryl methyl sites for hydroxylation is 2. The number of ether oxygens (including phenoxy) is 1. The van der Waals surface area contributed by atoms with Gasteiger partial charge in [-0.3, -0.25) is 14.4 Å². The average Bonchev–Trinajstić information content (AvgIpc) is 2.90. The van der Waals surface area contributed by atoms with Crippen molar-refractivity contribution in [2.24, 2.45) is 17.3 Å². The van der Waals surface area contributed by atoms with Crippen LogP contribution in [0.3, 0.4) is 0 Å². The van der Waals surface area contributed by atoms with E-state index in [1.807, 2.05) is 57.2 Å². The Kier molecular flexibility index (Phi) is 9.83. The molecule has 1 aliphatic rings. The number of benzene rings is 2. The third-order valence-electron chi connectivity index (χ3n) is 7.61. The SMILES string of the molecule is CCC(C)(C)C(=O)C(=O)C1CCCCC1C(=O)OC(CCc1ccccc1)CCc1ccccc1. The summed E-state index contributed by atoms with van der Waals surface area (Å²) in [5.74, 6) is -2.13. The van der Waals surface area contributed by atoms with E-state index in [-0.39, 0.29) is 23.6 Å². The van der Waals surface area contributed by atoms with Crippen molar-refractivity contribution in [1.29, 1.82) is 0 Å². The summed E-state index contributed by atoms with van der Waals surface area (Å²) < 4.78 is 6.10. The van der Waals surface area contributed by atoms with E-state index in [1.165, 1.54) is 11.1 Å². The molecule has 0 bridgehead atoms. The smallest absolute Gasteiger partial charge is 0.309 e. The number of carbonyl (C=O) groups excluding carboxylic acids is 3. The molecule has 0 N–H and O–H groups in total. The van der Waals surface area contributed by atoms with Gasteiger partial charge in [0.1, 0.15) is 6.10 Å². The molecule has 4 heteroatoms. The molecule has 35 heavy (non-hydrogen) atoms. The molecule has 0 saturated heterocycles. The van der Waals surface area contributed by atoms with Gasteiger partial charge >= 0.3 is 5.97 Å². The molecule has 1 fully saturated rings. The molecule has 1 aliphatic carbocycles. The molecule has 188 valence electrons. The van der Waals surface area contributed by atoms with Crippen LogP contribution in [0.1, 0.15) is 76.8 Å². The summed E-state index contributed by atoms with van der Waals surface area (Å²) in [5, 5.41) is 0. The summed E-state index contributed by atoms with van der Waals surface area (Å²) in [6.07, 6.45) is 6.42. The molecule has 2 atom stereocenters. The minimum atomic E-state index is -0.698. The second kappa shape index (κ2) is 12.8. The quantitative estimate of drug-likeness (QED) is 0.258. The van der Waals surface area contributed by atoms with Gasteiger partial charge in [0.05, 0.1) is 5.92 Å². The largest absolute Gasteiger partial charge is 0.462 e. The molecular formula is C31H40O4. The van der Waals surface area contributed by atoms with E-state index < -0.39 is 17.3 Å². The number of rotatable bonds is 12. The Morgan fingerprint density at radius 1 is 0.829 bits per heavy atom. The standard InChI is InChI=1S/C31H40O4/c1-4-31(2,3)29(33)28(32)26-17-11-12-18-27(26)30(34)35-25(21-19-23-13-7-5-8-14-23)22-20-24-15-9-6-10-16-24/h5-10,13-16,25-27H,4,11-12,17-22H2,1-3H3. The Morgan fingerprint density at radius 2 is 1.31 bits per heavy atom. The lowest BCUT2D eigenvalue weighted by Gasteiger charge is -2.32. The van der Waals surface area contributed by atoms with Gasteiger partial charge in [0.25, 0.3) is 0 Å². The predicted molar refractivity (Wildman–Crippen MR) is 139 cm³/mol.